The molecule has 1 heterocycles. The summed E-state index contributed by atoms with van der Waals surface area (Å²) in [4.78, 5) is 32.2. The zero-order valence-electron chi connectivity index (χ0n) is 10.6. The maximum Gasteiger partial charge on any atom is 0.342 e. The summed E-state index contributed by atoms with van der Waals surface area (Å²) in [6.07, 6.45) is 2.05. The Hall–Kier alpha value is -2.52. The number of nitrogens with zero attached hydrogens (tertiary/aromatic N) is 4. The fraction of sp³-hybridized carbons (Fsp3) is 0.600. The first-order chi connectivity index (χ1) is 9.40. The van der Waals surface area contributed by atoms with Crippen molar-refractivity contribution in [1.29, 1.82) is 0 Å². The Balaban J connectivity index is 2.37. The molecule has 2 rings (SSSR count). The molecule has 108 valence electrons. The van der Waals surface area contributed by atoms with Crippen molar-refractivity contribution in [3.63, 3.8) is 0 Å². The van der Waals surface area contributed by atoms with Crippen molar-refractivity contribution in [3.8, 4) is 0 Å². The lowest BCUT2D eigenvalue weighted by Gasteiger charge is -2.15. The van der Waals surface area contributed by atoms with Crippen LogP contribution in [0.1, 0.15) is 37.8 Å². The largest absolute Gasteiger partial charge is 0.462 e. The predicted octanol–water partition coefficient (Wildman–Crippen LogP) is 1.03. The average Bonchev–Trinajstić information content (AvgIpc) is 2.93. The lowest BCUT2D eigenvalue weighted by Crippen LogP contribution is -2.21. The minimum atomic E-state index is -0.855. The van der Waals surface area contributed by atoms with Crippen molar-refractivity contribution >= 4 is 11.7 Å². The summed E-state index contributed by atoms with van der Waals surface area (Å²) in [5.74, 6) is -0.973. The molecule has 1 fully saturated rings. The van der Waals surface area contributed by atoms with Crippen LogP contribution in [-0.4, -0.2) is 31.9 Å². The molecule has 1 aromatic heterocycles. The molecule has 20 heavy (non-hydrogen) atoms. The molecule has 0 spiro atoms. The van der Waals surface area contributed by atoms with Crippen molar-refractivity contribution in [2.45, 2.75) is 38.2 Å². The van der Waals surface area contributed by atoms with Gasteiger partial charge in [0.05, 0.1) is 21.0 Å². The zero-order valence-corrected chi connectivity index (χ0v) is 10.6. The average molecular weight is 284 g/mol. The molecule has 1 aromatic rings. The van der Waals surface area contributed by atoms with Crippen molar-refractivity contribution < 1.29 is 19.5 Å². The Morgan fingerprint density at radius 1 is 1.45 bits per heavy atom. The predicted molar refractivity (Wildman–Crippen MR) is 63.4 cm³/mol. The highest BCUT2D eigenvalue weighted by Gasteiger charge is 2.42. The number of aromatic nitrogens is 2. The van der Waals surface area contributed by atoms with Gasteiger partial charge in [-0.1, -0.05) is 0 Å². The van der Waals surface area contributed by atoms with E-state index in [9.17, 15) is 25.0 Å². The minimum Gasteiger partial charge on any atom is -0.462 e. The number of carbonyl (C=O) groups is 1. The third-order valence-electron chi connectivity index (χ3n) is 3.20. The number of hydrogen-bond acceptors (Lipinski definition) is 7. The molecular weight excluding hydrogens is 272 g/mol. The van der Waals surface area contributed by atoms with E-state index in [4.69, 9.17) is 4.74 Å². The molecule has 0 amide bonds. The van der Waals surface area contributed by atoms with E-state index in [1.165, 1.54) is 6.92 Å². The first-order valence-electron chi connectivity index (χ1n) is 5.96. The van der Waals surface area contributed by atoms with E-state index < -0.39 is 33.6 Å². The number of ether oxygens (including phenoxy) is 1. The Morgan fingerprint density at radius 3 is 2.70 bits per heavy atom. The van der Waals surface area contributed by atoms with E-state index in [-0.39, 0.29) is 5.69 Å². The topological polar surface area (TPSA) is 130 Å². The van der Waals surface area contributed by atoms with Gasteiger partial charge >= 0.3 is 11.7 Å². The van der Waals surface area contributed by atoms with Crippen LogP contribution in [0.5, 0.6) is 0 Å². The Morgan fingerprint density at radius 2 is 2.15 bits per heavy atom. The lowest BCUT2D eigenvalue weighted by molar-refractivity contribution is -0.553. The van der Waals surface area contributed by atoms with Crippen LogP contribution in [0.4, 0.5) is 5.69 Å². The maximum atomic E-state index is 11.0. The van der Waals surface area contributed by atoms with Crippen LogP contribution in [0, 0.1) is 20.2 Å². The van der Waals surface area contributed by atoms with Crippen molar-refractivity contribution in [2.75, 3.05) is 0 Å². The van der Waals surface area contributed by atoms with Gasteiger partial charge in [0.1, 0.15) is 6.10 Å². The molecule has 1 saturated carbocycles. The monoisotopic (exact) mass is 284 g/mol. The molecule has 0 aliphatic heterocycles. The first-order valence-corrected chi connectivity index (χ1v) is 5.96. The molecule has 0 unspecified atom stereocenters. The van der Waals surface area contributed by atoms with Gasteiger partial charge in [0.25, 0.3) is 5.69 Å². The highest BCUT2D eigenvalue weighted by molar-refractivity contribution is 5.66. The molecule has 0 radical (unpaired) electrons. The smallest absolute Gasteiger partial charge is 0.342 e. The molecule has 0 bridgehead atoms. The number of nitro groups is 2. The normalized spacial score (nSPS) is 21.6. The van der Waals surface area contributed by atoms with Gasteiger partial charge in [-0.2, -0.15) is 0 Å². The number of esters is 1. The zero-order chi connectivity index (χ0) is 14.9. The van der Waals surface area contributed by atoms with Gasteiger partial charge in [-0.15, -0.1) is 0 Å². The van der Waals surface area contributed by atoms with Crippen LogP contribution >= 0.6 is 0 Å². The van der Waals surface area contributed by atoms with Crippen LogP contribution in [-0.2, 0) is 9.53 Å². The third-order valence-corrected chi connectivity index (χ3v) is 3.20. The quantitative estimate of drug-likeness (QED) is 0.458. The molecule has 1 aliphatic carbocycles. The maximum absolute atomic E-state index is 11.0. The molecule has 10 heteroatoms. The van der Waals surface area contributed by atoms with Crippen molar-refractivity contribution in [3.05, 3.63) is 32.1 Å². The van der Waals surface area contributed by atoms with Crippen molar-refractivity contribution in [2.24, 2.45) is 0 Å². The van der Waals surface area contributed by atoms with Crippen LogP contribution < -0.4 is 0 Å². The summed E-state index contributed by atoms with van der Waals surface area (Å²) in [5, 5.41) is 24.4. The van der Waals surface area contributed by atoms with E-state index in [0.29, 0.717) is 24.1 Å². The Kier molecular flexibility index (Phi) is 3.63. The van der Waals surface area contributed by atoms with Gasteiger partial charge in [0, 0.05) is 11.7 Å². The van der Waals surface area contributed by atoms with Crippen LogP contribution in [0.15, 0.2) is 6.20 Å². The van der Waals surface area contributed by atoms with Gasteiger partial charge in [-0.3, -0.25) is 14.9 Å². The molecule has 10 nitrogen and oxygen atoms in total. The summed E-state index contributed by atoms with van der Waals surface area (Å²) in [6, 6.07) is 0. The van der Waals surface area contributed by atoms with E-state index >= 15 is 0 Å². The fourth-order valence-corrected chi connectivity index (χ4v) is 2.45. The summed E-state index contributed by atoms with van der Waals surface area (Å²) in [6.45, 7) is 1.25. The van der Waals surface area contributed by atoms with E-state index in [1.807, 2.05) is 0 Å². The van der Waals surface area contributed by atoms with Crippen LogP contribution in [0.2, 0.25) is 0 Å². The number of carbonyl (C=O) groups excluding carboxylic acids is 1. The van der Waals surface area contributed by atoms with Crippen LogP contribution in [0.25, 0.3) is 0 Å². The number of rotatable bonds is 4. The molecule has 0 saturated heterocycles. The fourth-order valence-electron chi connectivity index (χ4n) is 2.45. The SMILES string of the molecule is CC(=O)O[C@@H]1CCC[C@H]1c1nn([N+](=O)[O-])cc1[N+](=O)[O-]. The first kappa shape index (κ1) is 13.9. The summed E-state index contributed by atoms with van der Waals surface area (Å²) >= 11 is 0. The highest BCUT2D eigenvalue weighted by Crippen LogP contribution is 2.39. The summed E-state index contributed by atoms with van der Waals surface area (Å²) in [7, 11) is 0. The van der Waals surface area contributed by atoms with E-state index in [2.05, 4.69) is 5.10 Å². The second-order valence-corrected chi connectivity index (χ2v) is 4.50. The second kappa shape index (κ2) is 5.23. The molecule has 2 atom stereocenters. The van der Waals surface area contributed by atoms with E-state index in [1.54, 1.807) is 0 Å². The molecule has 1 aliphatic rings. The summed E-state index contributed by atoms with van der Waals surface area (Å²) < 4.78 is 5.10. The summed E-state index contributed by atoms with van der Waals surface area (Å²) in [5.41, 5.74) is -0.429. The Labute approximate surface area is 112 Å². The van der Waals surface area contributed by atoms with E-state index in [0.717, 1.165) is 6.20 Å². The van der Waals surface area contributed by atoms with Gasteiger partial charge < -0.3 is 14.9 Å². The number of hydrogen-bond donors (Lipinski definition) is 0. The second-order valence-electron chi connectivity index (χ2n) is 4.50. The highest BCUT2D eigenvalue weighted by atomic mass is 16.7. The molecule has 0 aromatic carbocycles. The lowest BCUT2D eigenvalue weighted by atomic mass is 10.0. The van der Waals surface area contributed by atoms with Crippen molar-refractivity contribution in [1.82, 2.24) is 9.89 Å². The van der Waals surface area contributed by atoms with Gasteiger partial charge in [-0.05, 0) is 19.3 Å². The standard InChI is InChI=1S/C10H12N4O6/c1-6(15)20-9-4-2-3-7(9)10-8(13(16)17)5-12(11-10)14(18)19/h5,7,9H,2-4H2,1H3/t7-,9-/m1/s1. The van der Waals surface area contributed by atoms with Gasteiger partial charge in [0.2, 0.25) is 0 Å². The minimum absolute atomic E-state index is 0.00421. The third kappa shape index (κ3) is 2.58. The Bertz CT molecular complexity index is 568. The van der Waals surface area contributed by atoms with Crippen LogP contribution in [0.3, 0.4) is 0 Å². The van der Waals surface area contributed by atoms with Gasteiger partial charge in [-0.25, -0.2) is 0 Å². The van der Waals surface area contributed by atoms with Gasteiger partial charge in [0.15, 0.2) is 6.20 Å². The molecular formula is C10H12N4O6. The molecule has 0 N–H and O–H groups in total.